The first-order valence-electron chi connectivity index (χ1n) is 6.19. The number of halogens is 1. The number of carbonyl (C=O) groups excluding carboxylic acids is 1. The molecule has 104 valence electrons. The molecular weight excluding hydrogens is 282 g/mol. The lowest BCUT2D eigenvalue weighted by Gasteiger charge is -2.15. The molecule has 1 amide bonds. The molecule has 0 bridgehead atoms. The molecule has 1 fully saturated rings. The molecule has 0 unspecified atom stereocenters. The summed E-state index contributed by atoms with van der Waals surface area (Å²) in [4.78, 5) is 21.7. The number of aromatic nitrogens is 2. The molecule has 3 heterocycles. The zero-order valence-electron chi connectivity index (χ0n) is 10.5. The summed E-state index contributed by atoms with van der Waals surface area (Å²) in [6.07, 6.45) is 5.06. The Hall–Kier alpha value is -2.08. The van der Waals surface area contributed by atoms with Crippen LogP contribution in [0.4, 0.5) is 0 Å². The average molecular weight is 294 g/mol. The van der Waals surface area contributed by atoms with E-state index in [0.717, 1.165) is 6.42 Å². The molecular formula is C13H12ClN3O3. The van der Waals surface area contributed by atoms with E-state index in [-0.39, 0.29) is 18.0 Å². The molecule has 2 aromatic heterocycles. The van der Waals surface area contributed by atoms with Crippen molar-refractivity contribution in [3.63, 3.8) is 0 Å². The van der Waals surface area contributed by atoms with Gasteiger partial charge in [0.05, 0.1) is 30.2 Å². The summed E-state index contributed by atoms with van der Waals surface area (Å²) in [5.74, 6) is 0.214. The number of hydrogen-bond acceptors (Lipinski definition) is 5. The number of ether oxygens (including phenoxy) is 1. The Bertz CT molecular complexity index is 585. The number of furan rings is 1. The highest BCUT2D eigenvalue weighted by atomic mass is 35.5. The second kappa shape index (κ2) is 5.50. The standard InChI is InChI=1S/C13H12ClN3O3/c14-9-6-15-13(16-7-9)20-10-3-4-17(8-10)12(18)11-2-1-5-19-11/h1-2,5-7,10H,3-4,8H2/t10-/m0/s1. The van der Waals surface area contributed by atoms with Gasteiger partial charge in [-0.2, -0.15) is 0 Å². The van der Waals surface area contributed by atoms with Crippen LogP contribution < -0.4 is 4.74 Å². The van der Waals surface area contributed by atoms with Crippen molar-refractivity contribution < 1.29 is 13.9 Å². The number of hydrogen-bond donors (Lipinski definition) is 0. The van der Waals surface area contributed by atoms with Gasteiger partial charge in [-0.1, -0.05) is 11.6 Å². The van der Waals surface area contributed by atoms with Gasteiger partial charge in [0.2, 0.25) is 0 Å². The lowest BCUT2D eigenvalue weighted by Crippen LogP contribution is -2.30. The van der Waals surface area contributed by atoms with Crippen LogP contribution in [0.25, 0.3) is 0 Å². The highest BCUT2D eigenvalue weighted by Gasteiger charge is 2.29. The van der Waals surface area contributed by atoms with E-state index >= 15 is 0 Å². The molecule has 0 aliphatic carbocycles. The summed E-state index contributed by atoms with van der Waals surface area (Å²) in [6, 6.07) is 3.61. The maximum absolute atomic E-state index is 12.1. The lowest BCUT2D eigenvalue weighted by molar-refractivity contribution is 0.0738. The minimum atomic E-state index is -0.127. The largest absolute Gasteiger partial charge is 0.459 e. The van der Waals surface area contributed by atoms with Crippen molar-refractivity contribution in [1.82, 2.24) is 14.9 Å². The molecule has 7 heteroatoms. The Morgan fingerprint density at radius 3 is 2.95 bits per heavy atom. The molecule has 20 heavy (non-hydrogen) atoms. The molecule has 0 spiro atoms. The van der Waals surface area contributed by atoms with E-state index in [0.29, 0.717) is 23.9 Å². The first kappa shape index (κ1) is 12.9. The second-order valence-electron chi connectivity index (χ2n) is 4.44. The summed E-state index contributed by atoms with van der Waals surface area (Å²) >= 11 is 5.71. The van der Waals surface area contributed by atoms with Gasteiger partial charge in [-0.05, 0) is 12.1 Å². The zero-order valence-corrected chi connectivity index (χ0v) is 11.3. The van der Waals surface area contributed by atoms with Gasteiger partial charge in [0.15, 0.2) is 5.76 Å². The topological polar surface area (TPSA) is 68.5 Å². The molecule has 0 saturated carbocycles. The molecule has 3 rings (SSSR count). The van der Waals surface area contributed by atoms with Crippen molar-refractivity contribution in [2.45, 2.75) is 12.5 Å². The summed E-state index contributed by atoms with van der Waals surface area (Å²) in [6.45, 7) is 1.11. The van der Waals surface area contributed by atoms with Crippen molar-refractivity contribution >= 4 is 17.5 Å². The van der Waals surface area contributed by atoms with Crippen LogP contribution >= 0.6 is 11.6 Å². The minimum absolute atomic E-state index is 0.116. The molecule has 0 radical (unpaired) electrons. The van der Waals surface area contributed by atoms with Crippen molar-refractivity contribution in [3.05, 3.63) is 41.6 Å². The van der Waals surface area contributed by atoms with Gasteiger partial charge in [0.1, 0.15) is 6.10 Å². The highest BCUT2D eigenvalue weighted by Crippen LogP contribution is 2.18. The molecule has 2 aromatic rings. The van der Waals surface area contributed by atoms with E-state index in [1.54, 1.807) is 17.0 Å². The van der Waals surface area contributed by atoms with Crippen LogP contribution in [0, 0.1) is 0 Å². The third-order valence-electron chi connectivity index (χ3n) is 3.03. The fourth-order valence-electron chi connectivity index (χ4n) is 2.08. The number of nitrogens with zero attached hydrogens (tertiary/aromatic N) is 3. The quantitative estimate of drug-likeness (QED) is 0.866. The van der Waals surface area contributed by atoms with Gasteiger partial charge in [-0.3, -0.25) is 4.79 Å². The van der Waals surface area contributed by atoms with E-state index in [4.69, 9.17) is 20.8 Å². The van der Waals surface area contributed by atoms with Gasteiger partial charge in [-0.25, -0.2) is 9.97 Å². The molecule has 1 aliphatic rings. The Morgan fingerprint density at radius 1 is 1.45 bits per heavy atom. The van der Waals surface area contributed by atoms with Crippen LogP contribution in [0.1, 0.15) is 17.0 Å². The van der Waals surface area contributed by atoms with Crippen molar-refractivity contribution in [1.29, 1.82) is 0 Å². The predicted octanol–water partition coefficient (Wildman–Crippen LogP) is 2.02. The van der Waals surface area contributed by atoms with Crippen LogP contribution in [-0.4, -0.2) is 40.0 Å². The number of likely N-dealkylation sites (tertiary alicyclic amines) is 1. The molecule has 1 atom stereocenters. The number of rotatable bonds is 3. The van der Waals surface area contributed by atoms with E-state index in [2.05, 4.69) is 9.97 Å². The Morgan fingerprint density at radius 2 is 2.25 bits per heavy atom. The predicted molar refractivity (Wildman–Crippen MR) is 70.7 cm³/mol. The van der Waals surface area contributed by atoms with Crippen molar-refractivity contribution in [2.24, 2.45) is 0 Å². The monoisotopic (exact) mass is 293 g/mol. The van der Waals surface area contributed by atoms with E-state index in [1.165, 1.54) is 18.7 Å². The molecule has 1 aliphatic heterocycles. The summed E-state index contributed by atoms with van der Waals surface area (Å²) in [5.41, 5.74) is 0. The Balaban J connectivity index is 1.59. The number of carbonyl (C=O) groups is 1. The third-order valence-corrected chi connectivity index (χ3v) is 3.23. The minimum Gasteiger partial charge on any atom is -0.459 e. The van der Waals surface area contributed by atoms with Crippen LogP contribution in [0.3, 0.4) is 0 Å². The Kier molecular flexibility index (Phi) is 3.56. The number of amides is 1. The summed E-state index contributed by atoms with van der Waals surface area (Å²) in [7, 11) is 0. The SMILES string of the molecule is O=C(c1ccco1)N1CC[C@H](Oc2ncc(Cl)cn2)C1. The van der Waals surface area contributed by atoms with Gasteiger partial charge < -0.3 is 14.1 Å². The van der Waals surface area contributed by atoms with E-state index in [1.807, 2.05) is 0 Å². The molecule has 6 nitrogen and oxygen atoms in total. The van der Waals surface area contributed by atoms with Crippen LogP contribution in [-0.2, 0) is 0 Å². The normalized spacial score (nSPS) is 18.2. The molecule has 0 aromatic carbocycles. The van der Waals surface area contributed by atoms with Crippen LogP contribution in [0.5, 0.6) is 6.01 Å². The first-order valence-corrected chi connectivity index (χ1v) is 6.57. The Labute approximate surface area is 120 Å². The molecule has 0 N–H and O–H groups in total. The maximum atomic E-state index is 12.1. The first-order chi connectivity index (χ1) is 9.72. The fourth-order valence-corrected chi connectivity index (χ4v) is 2.17. The van der Waals surface area contributed by atoms with E-state index in [9.17, 15) is 4.79 Å². The lowest BCUT2D eigenvalue weighted by atomic mass is 10.3. The summed E-state index contributed by atoms with van der Waals surface area (Å²) in [5, 5.41) is 0.457. The van der Waals surface area contributed by atoms with Crippen molar-refractivity contribution in [3.8, 4) is 6.01 Å². The zero-order chi connectivity index (χ0) is 13.9. The van der Waals surface area contributed by atoms with Crippen LogP contribution in [0.2, 0.25) is 5.02 Å². The smallest absolute Gasteiger partial charge is 0.316 e. The fraction of sp³-hybridized carbons (Fsp3) is 0.308. The highest BCUT2D eigenvalue weighted by molar-refractivity contribution is 6.30. The van der Waals surface area contributed by atoms with Gasteiger partial charge in [-0.15, -0.1) is 0 Å². The van der Waals surface area contributed by atoms with Crippen molar-refractivity contribution in [2.75, 3.05) is 13.1 Å². The second-order valence-corrected chi connectivity index (χ2v) is 4.88. The summed E-state index contributed by atoms with van der Waals surface area (Å²) < 4.78 is 10.7. The van der Waals surface area contributed by atoms with Gasteiger partial charge >= 0.3 is 6.01 Å². The average Bonchev–Trinajstić information content (AvgIpc) is 3.12. The van der Waals surface area contributed by atoms with Gasteiger partial charge in [0.25, 0.3) is 5.91 Å². The molecule has 1 saturated heterocycles. The van der Waals surface area contributed by atoms with Crippen LogP contribution in [0.15, 0.2) is 35.2 Å². The third kappa shape index (κ3) is 2.75. The van der Waals surface area contributed by atoms with E-state index < -0.39 is 0 Å². The maximum Gasteiger partial charge on any atom is 0.316 e. The van der Waals surface area contributed by atoms with Gasteiger partial charge in [0, 0.05) is 13.0 Å².